The molecule has 0 spiro atoms. The van der Waals surface area contributed by atoms with Crippen molar-refractivity contribution in [2.24, 2.45) is 0 Å². The Kier molecular flexibility index (Phi) is 7.13. The Hall–Kier alpha value is -3.41. The highest BCUT2D eigenvalue weighted by atomic mass is 32.2. The van der Waals surface area contributed by atoms with Gasteiger partial charge < -0.3 is 13.9 Å². The molecule has 3 rings (SSSR count). The largest absolute Gasteiger partial charge is 0.744 e. The van der Waals surface area contributed by atoms with Crippen LogP contribution < -0.4 is 15.1 Å². The van der Waals surface area contributed by atoms with Gasteiger partial charge in [0.25, 0.3) is 0 Å². The number of nitrogens with zero attached hydrogens (tertiary/aromatic N) is 2. The zero-order valence-electron chi connectivity index (χ0n) is 17.9. The highest BCUT2D eigenvalue weighted by Gasteiger charge is 2.14. The monoisotopic (exact) mass is 452 g/mol. The van der Waals surface area contributed by atoms with Crippen molar-refractivity contribution in [1.82, 2.24) is 0 Å². The van der Waals surface area contributed by atoms with Crippen molar-refractivity contribution in [3.05, 3.63) is 64.3 Å². The lowest BCUT2D eigenvalue weighted by Crippen LogP contribution is -2.34. The van der Waals surface area contributed by atoms with Gasteiger partial charge in [-0.25, -0.2) is 17.8 Å². The number of hydrogen-bond acceptors (Lipinski definition) is 6. The third-order valence-corrected chi connectivity index (χ3v) is 5.99. The van der Waals surface area contributed by atoms with E-state index in [4.69, 9.17) is 10.8 Å². The normalized spacial score (nSPS) is 11.7. The molecule has 0 N–H and O–H groups in total. The van der Waals surface area contributed by atoms with Gasteiger partial charge in [-0.05, 0) is 38.1 Å². The topological polar surface area (TPSA) is 94.5 Å². The van der Waals surface area contributed by atoms with Crippen LogP contribution >= 0.6 is 0 Å². The summed E-state index contributed by atoms with van der Waals surface area (Å²) in [5.74, 6) is 2.46. The predicted molar refractivity (Wildman–Crippen MR) is 123 cm³/mol. The molecule has 0 bridgehead atoms. The fourth-order valence-corrected chi connectivity index (χ4v) is 4.09. The van der Waals surface area contributed by atoms with E-state index in [1.165, 1.54) is 24.4 Å². The van der Waals surface area contributed by atoms with Gasteiger partial charge in [-0.1, -0.05) is 6.08 Å². The van der Waals surface area contributed by atoms with Crippen LogP contribution in [0.3, 0.4) is 0 Å². The molecule has 0 radical (unpaired) electrons. The van der Waals surface area contributed by atoms with E-state index in [-0.39, 0.29) is 16.0 Å². The number of benzene rings is 1. The summed E-state index contributed by atoms with van der Waals surface area (Å²) in [5, 5.41) is 0.733. The van der Waals surface area contributed by atoms with Gasteiger partial charge >= 0.3 is 5.63 Å². The zero-order valence-corrected chi connectivity index (χ0v) is 18.8. The van der Waals surface area contributed by atoms with E-state index in [0.717, 1.165) is 24.2 Å². The second-order valence-electron chi connectivity index (χ2n) is 7.13. The Balaban J connectivity index is 1.99. The van der Waals surface area contributed by atoms with Gasteiger partial charge in [-0.3, -0.25) is 0 Å². The summed E-state index contributed by atoms with van der Waals surface area (Å²) >= 11 is 0. The van der Waals surface area contributed by atoms with Crippen molar-refractivity contribution in [1.29, 1.82) is 0 Å². The van der Waals surface area contributed by atoms with Crippen molar-refractivity contribution in [2.75, 3.05) is 18.0 Å². The maximum absolute atomic E-state index is 12.5. The number of fused-ring (bicyclic) bond motifs is 1. The summed E-state index contributed by atoms with van der Waals surface area (Å²) in [7, 11) is -4.73. The molecule has 0 saturated carbocycles. The molecule has 0 unspecified atom stereocenters. The molecule has 2 aromatic heterocycles. The Bertz CT molecular complexity index is 1360. The zero-order chi connectivity index (χ0) is 23.3. The molecule has 32 heavy (non-hydrogen) atoms. The number of pyridine rings is 1. The van der Waals surface area contributed by atoms with Gasteiger partial charge in [-0.2, -0.15) is 0 Å². The third kappa shape index (κ3) is 5.25. The van der Waals surface area contributed by atoms with Crippen molar-refractivity contribution >= 4 is 38.9 Å². The van der Waals surface area contributed by atoms with Crippen molar-refractivity contribution in [2.45, 2.75) is 31.7 Å². The van der Waals surface area contributed by atoms with E-state index < -0.39 is 15.7 Å². The summed E-state index contributed by atoms with van der Waals surface area (Å²) in [5.41, 5.74) is 1.28. The second-order valence-corrected chi connectivity index (χ2v) is 8.48. The van der Waals surface area contributed by atoms with Gasteiger partial charge in [0.05, 0.1) is 12.0 Å². The summed E-state index contributed by atoms with van der Waals surface area (Å²) < 4.78 is 42.3. The molecule has 3 aromatic rings. The number of anilines is 1. The highest BCUT2D eigenvalue weighted by Crippen LogP contribution is 2.23. The summed E-state index contributed by atoms with van der Waals surface area (Å²) in [6.07, 6.45) is 11.4. The Labute approximate surface area is 187 Å². The minimum absolute atomic E-state index is 0.174. The smallest absolute Gasteiger partial charge is 0.343 e. The summed E-state index contributed by atoms with van der Waals surface area (Å²) in [4.78, 5) is 14.2. The van der Waals surface area contributed by atoms with Gasteiger partial charge in [0.1, 0.15) is 20.6 Å². The van der Waals surface area contributed by atoms with E-state index in [0.29, 0.717) is 18.5 Å². The molecular weight excluding hydrogens is 428 g/mol. The SMILES string of the molecule is C#CCC[n+]1ccc(/C=C/c2cc3ccc(N(CC)CC)cc3oc2=O)c(S(=O)(=O)[O-])c1. The standard InChI is InChI=1S/C24H24N2O5S/c1-4-7-13-25-14-12-18(23(17-25)32(28,29)30)8-9-20-15-19-10-11-21(26(5-2)6-3)16-22(19)31-24(20)27/h1,8-12,14-17H,5-7,13H2,2-3H3. The molecule has 2 heterocycles. The lowest BCUT2D eigenvalue weighted by atomic mass is 10.1. The highest BCUT2D eigenvalue weighted by molar-refractivity contribution is 7.85. The van der Waals surface area contributed by atoms with Crippen molar-refractivity contribution < 1.29 is 22.0 Å². The first-order chi connectivity index (χ1) is 15.3. The second kappa shape index (κ2) is 9.81. The fraction of sp³-hybridized carbons (Fsp3) is 0.250. The Morgan fingerprint density at radius 1 is 1.16 bits per heavy atom. The van der Waals surface area contributed by atoms with Crippen LogP contribution in [0.25, 0.3) is 23.1 Å². The summed E-state index contributed by atoms with van der Waals surface area (Å²) in [6, 6.07) is 8.82. The first kappa shape index (κ1) is 23.3. The average molecular weight is 453 g/mol. The average Bonchev–Trinajstić information content (AvgIpc) is 2.76. The number of aryl methyl sites for hydroxylation is 1. The fourth-order valence-electron chi connectivity index (χ4n) is 3.40. The van der Waals surface area contributed by atoms with Crippen LogP contribution in [-0.4, -0.2) is 26.1 Å². The molecule has 7 nitrogen and oxygen atoms in total. The third-order valence-electron chi connectivity index (χ3n) is 5.11. The molecule has 0 fully saturated rings. The Morgan fingerprint density at radius 2 is 1.88 bits per heavy atom. The predicted octanol–water partition coefficient (Wildman–Crippen LogP) is 3.02. The molecular formula is C24H24N2O5S. The van der Waals surface area contributed by atoms with Gasteiger partial charge in [0.2, 0.25) is 0 Å². The van der Waals surface area contributed by atoms with E-state index >= 15 is 0 Å². The van der Waals surface area contributed by atoms with Crippen molar-refractivity contribution in [3.8, 4) is 12.3 Å². The molecule has 0 atom stereocenters. The van der Waals surface area contributed by atoms with E-state index in [1.54, 1.807) is 16.8 Å². The number of hydrogen-bond donors (Lipinski definition) is 0. The minimum atomic E-state index is -4.73. The van der Waals surface area contributed by atoms with Crippen LogP contribution in [0.4, 0.5) is 5.69 Å². The molecule has 0 aliphatic heterocycles. The van der Waals surface area contributed by atoms with Crippen LogP contribution in [0.1, 0.15) is 31.4 Å². The van der Waals surface area contributed by atoms with Crippen LogP contribution in [0, 0.1) is 12.3 Å². The first-order valence-corrected chi connectivity index (χ1v) is 11.6. The molecule has 0 saturated heterocycles. The minimum Gasteiger partial charge on any atom is -0.744 e. The Morgan fingerprint density at radius 3 is 2.53 bits per heavy atom. The van der Waals surface area contributed by atoms with Gasteiger partial charge in [0, 0.05) is 41.9 Å². The van der Waals surface area contributed by atoms with E-state index in [1.807, 2.05) is 32.0 Å². The van der Waals surface area contributed by atoms with Crippen molar-refractivity contribution in [3.63, 3.8) is 0 Å². The lowest BCUT2D eigenvalue weighted by molar-refractivity contribution is -0.697. The van der Waals surface area contributed by atoms with Crippen LogP contribution in [-0.2, 0) is 16.7 Å². The van der Waals surface area contributed by atoms with Gasteiger partial charge in [0.15, 0.2) is 18.9 Å². The quantitative estimate of drug-likeness (QED) is 0.226. The van der Waals surface area contributed by atoms with Crippen LogP contribution in [0.5, 0.6) is 0 Å². The lowest BCUT2D eigenvalue weighted by Gasteiger charge is -2.20. The molecule has 0 amide bonds. The maximum atomic E-state index is 12.5. The number of rotatable bonds is 8. The summed E-state index contributed by atoms with van der Waals surface area (Å²) in [6.45, 7) is 6.14. The van der Waals surface area contributed by atoms with Crippen LogP contribution in [0.2, 0.25) is 0 Å². The maximum Gasteiger partial charge on any atom is 0.343 e. The van der Waals surface area contributed by atoms with Gasteiger partial charge in [-0.15, -0.1) is 12.3 Å². The van der Waals surface area contributed by atoms with Crippen LogP contribution in [0.15, 0.2) is 56.8 Å². The first-order valence-electron chi connectivity index (χ1n) is 10.2. The molecule has 0 aliphatic carbocycles. The number of terminal acetylenes is 1. The molecule has 8 heteroatoms. The van der Waals surface area contributed by atoms with E-state index in [9.17, 15) is 17.8 Å². The van der Waals surface area contributed by atoms with E-state index in [2.05, 4.69) is 10.8 Å². The number of aromatic nitrogens is 1. The molecule has 166 valence electrons. The molecule has 0 aliphatic rings. The molecule has 1 aromatic carbocycles.